The Bertz CT molecular complexity index is 1100. The van der Waals surface area contributed by atoms with Crippen LogP contribution in [0.1, 0.15) is 35.1 Å². The highest BCUT2D eigenvalue weighted by Crippen LogP contribution is 2.33. The van der Waals surface area contributed by atoms with Crippen LogP contribution < -0.4 is 4.74 Å². The minimum atomic E-state index is -0.253. The Kier molecular flexibility index (Phi) is 8.34. The van der Waals surface area contributed by atoms with Gasteiger partial charge in [-0.1, -0.05) is 47.1 Å². The second-order valence-corrected chi connectivity index (χ2v) is 7.82. The van der Waals surface area contributed by atoms with Crippen molar-refractivity contribution in [3.8, 4) is 5.75 Å². The van der Waals surface area contributed by atoms with Crippen LogP contribution in [-0.4, -0.2) is 50.1 Å². The fourth-order valence-corrected chi connectivity index (χ4v) is 3.97. The maximum Gasteiger partial charge on any atom is 0.409 e. The lowest BCUT2D eigenvalue weighted by atomic mass is 9.93. The van der Waals surface area contributed by atoms with Crippen molar-refractivity contribution in [2.45, 2.75) is 19.8 Å². The molecule has 2 aromatic rings. The molecule has 1 aliphatic rings. The van der Waals surface area contributed by atoms with Crippen molar-refractivity contribution >= 4 is 34.1 Å². The van der Waals surface area contributed by atoms with Crippen LogP contribution in [0.3, 0.4) is 0 Å². The van der Waals surface area contributed by atoms with Crippen LogP contribution in [0, 0.1) is 13.5 Å². The largest absolute Gasteiger partial charge is 0.496 e. The van der Waals surface area contributed by atoms with E-state index in [0.29, 0.717) is 36.7 Å². The van der Waals surface area contributed by atoms with Gasteiger partial charge in [0.25, 0.3) is 0 Å². The molecule has 1 fully saturated rings. The molecule has 1 aliphatic heterocycles. The minimum absolute atomic E-state index is 0.189. The molecule has 1 amide bonds. The van der Waals surface area contributed by atoms with E-state index < -0.39 is 0 Å². The average molecular weight is 468 g/mol. The number of benzene rings is 2. The average Bonchev–Trinajstić information content (AvgIpc) is 3.23. The molecule has 0 aromatic heterocycles. The lowest BCUT2D eigenvalue weighted by Crippen LogP contribution is -2.25. The van der Waals surface area contributed by atoms with Crippen molar-refractivity contribution in [1.82, 2.24) is 4.90 Å². The lowest BCUT2D eigenvalue weighted by Gasteiger charge is -2.16. The molecule has 0 bridgehead atoms. The van der Waals surface area contributed by atoms with Gasteiger partial charge in [0.05, 0.1) is 25.8 Å². The van der Waals surface area contributed by atoms with Crippen LogP contribution in [0.15, 0.2) is 47.6 Å². The summed E-state index contributed by atoms with van der Waals surface area (Å²) in [7, 11) is 3.03. The number of nitrogens with zero attached hydrogens (tertiary/aromatic N) is 3. The summed E-state index contributed by atoms with van der Waals surface area (Å²) < 4.78 is 10.6. The molecular weight excluding hydrogens is 442 g/mol. The van der Waals surface area contributed by atoms with Crippen molar-refractivity contribution in [2.24, 2.45) is 5.16 Å². The third-order valence-corrected chi connectivity index (χ3v) is 5.59. The topological polar surface area (TPSA) is 64.7 Å². The summed E-state index contributed by atoms with van der Waals surface area (Å²) in [6.07, 6.45) is 3.44. The van der Waals surface area contributed by atoms with E-state index in [4.69, 9.17) is 32.5 Å². The van der Waals surface area contributed by atoms with E-state index in [9.17, 15) is 4.79 Å². The molecule has 7 nitrogen and oxygen atoms in total. The van der Waals surface area contributed by atoms with Gasteiger partial charge >= 0.3 is 6.09 Å². The molecule has 0 saturated carbocycles. The van der Waals surface area contributed by atoms with Crippen molar-refractivity contribution in [2.75, 3.05) is 33.9 Å². The van der Waals surface area contributed by atoms with Crippen LogP contribution in [0.5, 0.6) is 5.75 Å². The van der Waals surface area contributed by atoms with Gasteiger partial charge in [-0.3, -0.25) is 0 Å². The third-order valence-electron chi connectivity index (χ3n) is 5.32. The van der Waals surface area contributed by atoms with E-state index in [0.717, 1.165) is 35.1 Å². The Labute approximate surface area is 199 Å². The van der Waals surface area contributed by atoms with Gasteiger partial charge in [-0.15, -0.1) is 0 Å². The molecule has 172 valence electrons. The van der Waals surface area contributed by atoms with E-state index in [-0.39, 0.29) is 11.3 Å². The molecular formula is C25H26ClN3O4. The number of rotatable bonds is 9. The molecule has 33 heavy (non-hydrogen) atoms. The summed E-state index contributed by atoms with van der Waals surface area (Å²) in [6.45, 7) is 10.9. The van der Waals surface area contributed by atoms with E-state index in [2.05, 4.69) is 16.1 Å². The van der Waals surface area contributed by atoms with Gasteiger partial charge in [0.15, 0.2) is 10.9 Å². The fraction of sp³-hybridized carbons (Fsp3) is 0.320. The first-order valence-electron chi connectivity index (χ1n) is 10.5. The number of aryl methyl sites for hydroxylation is 1. The molecule has 1 saturated heterocycles. The summed E-state index contributed by atoms with van der Waals surface area (Å²) >= 11 is 6.38. The highest BCUT2D eigenvalue weighted by Gasteiger charge is 2.21. The molecule has 1 heterocycles. The summed E-state index contributed by atoms with van der Waals surface area (Å²) in [5, 5.41) is 4.06. The summed E-state index contributed by atoms with van der Waals surface area (Å²) in [4.78, 5) is 21.7. The van der Waals surface area contributed by atoms with E-state index in [1.807, 2.05) is 31.2 Å². The number of carbonyl (C=O) groups is 1. The zero-order valence-electron chi connectivity index (χ0n) is 18.9. The number of unbranched alkanes of at least 4 members (excludes halogenated alkanes) is 1. The summed E-state index contributed by atoms with van der Waals surface area (Å²) in [5.41, 5.74) is 5.00. The van der Waals surface area contributed by atoms with Crippen molar-refractivity contribution in [3.05, 3.63) is 76.1 Å². The number of oxime groups is 1. The van der Waals surface area contributed by atoms with Gasteiger partial charge in [-0.05, 0) is 54.2 Å². The van der Waals surface area contributed by atoms with Crippen LogP contribution in [0.2, 0.25) is 0 Å². The Morgan fingerprint density at radius 2 is 2.03 bits per heavy atom. The number of cyclic esters (lactones) is 1. The molecule has 0 atom stereocenters. The highest BCUT2D eigenvalue weighted by molar-refractivity contribution is 6.69. The number of halogens is 1. The summed E-state index contributed by atoms with van der Waals surface area (Å²) in [5.74, 6) is 0.625. The zero-order chi connectivity index (χ0) is 23.8. The van der Waals surface area contributed by atoms with E-state index in [1.165, 1.54) is 7.11 Å². The van der Waals surface area contributed by atoms with Crippen LogP contribution in [-0.2, 0) is 9.57 Å². The van der Waals surface area contributed by atoms with Gasteiger partial charge in [0.1, 0.15) is 19.5 Å². The van der Waals surface area contributed by atoms with Crippen LogP contribution in [0.4, 0.5) is 10.5 Å². The van der Waals surface area contributed by atoms with Crippen molar-refractivity contribution < 1.29 is 19.1 Å². The molecule has 8 heteroatoms. The predicted octanol–water partition coefficient (Wildman–Crippen LogP) is 5.77. The number of hydrogen-bond acceptors (Lipinski definition) is 5. The zero-order valence-corrected chi connectivity index (χ0v) is 19.7. The Morgan fingerprint density at radius 1 is 1.27 bits per heavy atom. The molecule has 2 aromatic carbocycles. The first-order chi connectivity index (χ1) is 16.0. The van der Waals surface area contributed by atoms with Gasteiger partial charge in [0, 0.05) is 6.54 Å². The van der Waals surface area contributed by atoms with Gasteiger partial charge < -0.3 is 19.2 Å². The summed E-state index contributed by atoms with van der Waals surface area (Å²) in [6, 6.07) is 11.4. The number of ether oxygens (including phenoxy) is 2. The number of allylic oxidation sites excluding steroid dienone is 1. The Balaban J connectivity index is 1.98. The number of amides is 1. The van der Waals surface area contributed by atoms with E-state index in [1.54, 1.807) is 24.1 Å². The SMILES string of the molecule is [C-]#[N+]c1ccc(/C(=C/CCCN2CCOC2=O)c2cc(C)c(OC)c(/C(Cl)=N/OC)c2)cc1. The van der Waals surface area contributed by atoms with Gasteiger partial charge in [-0.2, -0.15) is 0 Å². The lowest BCUT2D eigenvalue weighted by molar-refractivity contribution is 0.158. The molecule has 0 N–H and O–H groups in total. The standard InChI is InChI=1S/C25H26ClN3O4/c1-17-15-19(16-22(23(17)31-3)24(26)28-32-4)21(18-8-10-20(27-2)11-9-18)7-5-6-12-29-13-14-33-25(29)30/h7-11,15-16H,5-6,12-14H2,1,3-4H3/b21-7-,28-24-. The maximum atomic E-state index is 11.7. The highest BCUT2D eigenvalue weighted by atomic mass is 35.5. The molecule has 0 unspecified atom stereocenters. The second-order valence-electron chi connectivity index (χ2n) is 7.46. The Morgan fingerprint density at radius 3 is 2.64 bits per heavy atom. The normalized spacial score (nSPS) is 14.2. The van der Waals surface area contributed by atoms with Crippen molar-refractivity contribution in [3.63, 3.8) is 0 Å². The van der Waals surface area contributed by atoms with E-state index >= 15 is 0 Å². The fourth-order valence-electron chi connectivity index (χ4n) is 3.76. The molecule has 3 rings (SSSR count). The molecule has 0 spiro atoms. The second kappa shape index (κ2) is 11.4. The van der Waals surface area contributed by atoms with Gasteiger partial charge in [0.2, 0.25) is 0 Å². The van der Waals surface area contributed by atoms with Crippen molar-refractivity contribution in [1.29, 1.82) is 0 Å². The number of hydrogen-bond donors (Lipinski definition) is 0. The minimum Gasteiger partial charge on any atom is -0.496 e. The monoisotopic (exact) mass is 467 g/mol. The smallest absolute Gasteiger partial charge is 0.409 e. The number of methoxy groups -OCH3 is 1. The quantitative estimate of drug-likeness (QED) is 0.203. The van der Waals surface area contributed by atoms with Crippen LogP contribution in [0.25, 0.3) is 10.4 Å². The molecule has 0 radical (unpaired) electrons. The maximum absolute atomic E-state index is 11.7. The first kappa shape index (κ1) is 24.1. The Hall–Kier alpha value is -3.50. The first-order valence-corrected chi connectivity index (χ1v) is 10.9. The molecule has 0 aliphatic carbocycles. The third kappa shape index (κ3) is 5.85. The predicted molar refractivity (Wildman–Crippen MR) is 129 cm³/mol. The van der Waals surface area contributed by atoms with Crippen LogP contribution >= 0.6 is 11.6 Å². The van der Waals surface area contributed by atoms with Gasteiger partial charge in [-0.25, -0.2) is 9.64 Å². The number of carbonyl (C=O) groups excluding carboxylic acids is 1.